The molecule has 2 heterocycles. The molecule has 2 atom stereocenters. The van der Waals surface area contributed by atoms with Crippen molar-refractivity contribution >= 4 is 11.9 Å². The lowest BCUT2D eigenvalue weighted by molar-refractivity contribution is 0.113. The maximum Gasteiger partial charge on any atom is 0.411 e. The molecule has 0 aromatic carbocycles. The maximum atomic E-state index is 11.8. The molecule has 1 N–H and O–H groups in total. The number of carbonyl (C=O) groups excluding carboxylic acids is 1. The summed E-state index contributed by atoms with van der Waals surface area (Å²) in [6, 6.07) is 0.281. The summed E-state index contributed by atoms with van der Waals surface area (Å²) in [6.45, 7) is 1.47. The first-order valence-electron chi connectivity index (χ1n) is 7.09. The van der Waals surface area contributed by atoms with Crippen LogP contribution in [0.5, 0.6) is 0 Å². The highest BCUT2D eigenvalue weighted by atomic mass is 16.6. The standard InChI is InChI=1S/C13H21N3O2/c17-13-16(9-15-12-7-3-4-8-14-12)10-5-1-2-6-11(10)18-13/h10-11H,1-9H2,(H,14,15). The van der Waals surface area contributed by atoms with Gasteiger partial charge in [-0.15, -0.1) is 0 Å². The highest BCUT2D eigenvalue weighted by Gasteiger charge is 2.42. The third-order valence-electron chi connectivity index (χ3n) is 4.13. The zero-order chi connectivity index (χ0) is 12.4. The maximum absolute atomic E-state index is 11.8. The number of carbonyl (C=O) groups is 1. The molecule has 0 spiro atoms. The molecular weight excluding hydrogens is 230 g/mol. The van der Waals surface area contributed by atoms with E-state index in [9.17, 15) is 4.79 Å². The van der Waals surface area contributed by atoms with Crippen LogP contribution in [-0.2, 0) is 4.74 Å². The molecule has 18 heavy (non-hydrogen) atoms. The van der Waals surface area contributed by atoms with Gasteiger partial charge in [-0.25, -0.2) is 4.79 Å². The number of rotatable bonds is 2. The van der Waals surface area contributed by atoms with Gasteiger partial charge in [-0.3, -0.25) is 9.89 Å². The van der Waals surface area contributed by atoms with Gasteiger partial charge in [0.15, 0.2) is 0 Å². The Balaban J connectivity index is 1.57. The van der Waals surface area contributed by atoms with Gasteiger partial charge in [0, 0.05) is 13.0 Å². The van der Waals surface area contributed by atoms with E-state index in [1.165, 1.54) is 25.7 Å². The molecule has 0 aromatic rings. The zero-order valence-corrected chi connectivity index (χ0v) is 10.7. The molecule has 5 heteroatoms. The van der Waals surface area contributed by atoms with Gasteiger partial charge in [-0.2, -0.15) is 0 Å². The Bertz CT molecular complexity index is 356. The number of fused-ring (bicyclic) bond motifs is 1. The zero-order valence-electron chi connectivity index (χ0n) is 10.7. The monoisotopic (exact) mass is 251 g/mol. The first-order valence-corrected chi connectivity index (χ1v) is 7.09. The van der Waals surface area contributed by atoms with E-state index in [2.05, 4.69) is 10.3 Å². The fourth-order valence-electron chi connectivity index (χ4n) is 3.10. The van der Waals surface area contributed by atoms with Crippen molar-refractivity contribution in [1.82, 2.24) is 10.2 Å². The van der Waals surface area contributed by atoms with E-state index in [0.717, 1.165) is 31.6 Å². The minimum absolute atomic E-state index is 0.126. The Morgan fingerprint density at radius 3 is 3.00 bits per heavy atom. The van der Waals surface area contributed by atoms with Gasteiger partial charge in [0.25, 0.3) is 0 Å². The summed E-state index contributed by atoms with van der Waals surface area (Å²) >= 11 is 0. The van der Waals surface area contributed by atoms with Crippen LogP contribution in [-0.4, -0.2) is 42.2 Å². The van der Waals surface area contributed by atoms with Gasteiger partial charge < -0.3 is 10.1 Å². The smallest absolute Gasteiger partial charge is 0.411 e. The normalized spacial score (nSPS) is 31.7. The molecule has 3 rings (SSSR count). The average molecular weight is 251 g/mol. The number of aliphatic imine (C=N–C) groups is 1. The van der Waals surface area contributed by atoms with Crippen LogP contribution in [0.2, 0.25) is 0 Å². The number of hydrogen-bond acceptors (Lipinski definition) is 4. The van der Waals surface area contributed by atoms with Gasteiger partial charge in [0.1, 0.15) is 6.10 Å². The number of amidine groups is 1. The molecule has 2 unspecified atom stereocenters. The molecule has 0 aromatic heterocycles. The predicted octanol–water partition coefficient (Wildman–Crippen LogP) is 1.88. The second-order valence-electron chi connectivity index (χ2n) is 5.36. The highest BCUT2D eigenvalue weighted by molar-refractivity contribution is 5.83. The van der Waals surface area contributed by atoms with Gasteiger partial charge in [0.2, 0.25) is 0 Å². The Morgan fingerprint density at radius 1 is 1.28 bits per heavy atom. The molecule has 2 fully saturated rings. The minimum Gasteiger partial charge on any atom is -0.444 e. The minimum atomic E-state index is -0.157. The second kappa shape index (κ2) is 5.16. The van der Waals surface area contributed by atoms with Crippen LogP contribution >= 0.6 is 0 Å². The molecule has 1 saturated heterocycles. The Hall–Kier alpha value is -1.26. The molecule has 3 aliphatic rings. The van der Waals surface area contributed by atoms with Crippen molar-refractivity contribution < 1.29 is 9.53 Å². The van der Waals surface area contributed by atoms with Crippen LogP contribution in [0, 0.1) is 0 Å². The molecule has 2 aliphatic heterocycles. The second-order valence-corrected chi connectivity index (χ2v) is 5.36. The molecule has 1 amide bonds. The van der Waals surface area contributed by atoms with Gasteiger partial charge in [-0.05, 0) is 32.1 Å². The molecular formula is C13H21N3O2. The molecule has 0 bridgehead atoms. The summed E-state index contributed by atoms with van der Waals surface area (Å²) in [5, 5.41) is 3.30. The van der Waals surface area contributed by atoms with Crippen molar-refractivity contribution in [2.75, 3.05) is 13.2 Å². The van der Waals surface area contributed by atoms with Crippen LogP contribution in [0.4, 0.5) is 4.79 Å². The van der Waals surface area contributed by atoms with E-state index < -0.39 is 0 Å². The van der Waals surface area contributed by atoms with Crippen molar-refractivity contribution in [2.24, 2.45) is 4.99 Å². The van der Waals surface area contributed by atoms with Crippen LogP contribution in [0.15, 0.2) is 4.99 Å². The van der Waals surface area contributed by atoms with Crippen molar-refractivity contribution in [1.29, 1.82) is 0 Å². The van der Waals surface area contributed by atoms with Crippen molar-refractivity contribution in [3.05, 3.63) is 0 Å². The topological polar surface area (TPSA) is 53.9 Å². The van der Waals surface area contributed by atoms with Crippen LogP contribution in [0.25, 0.3) is 0 Å². The number of amides is 1. The van der Waals surface area contributed by atoms with E-state index in [4.69, 9.17) is 4.74 Å². The van der Waals surface area contributed by atoms with E-state index in [0.29, 0.717) is 6.67 Å². The van der Waals surface area contributed by atoms with Crippen molar-refractivity contribution in [3.63, 3.8) is 0 Å². The summed E-state index contributed by atoms with van der Waals surface area (Å²) in [5.41, 5.74) is 0. The summed E-state index contributed by atoms with van der Waals surface area (Å²) in [4.78, 5) is 18.1. The lowest BCUT2D eigenvalue weighted by Crippen LogP contribution is -2.45. The Morgan fingerprint density at radius 2 is 2.17 bits per heavy atom. The fraction of sp³-hybridized carbons (Fsp3) is 0.846. The van der Waals surface area contributed by atoms with Gasteiger partial charge >= 0.3 is 6.09 Å². The van der Waals surface area contributed by atoms with Gasteiger partial charge in [-0.1, -0.05) is 6.42 Å². The summed E-state index contributed by atoms with van der Waals surface area (Å²) < 4.78 is 5.42. The molecule has 1 saturated carbocycles. The van der Waals surface area contributed by atoms with Crippen molar-refractivity contribution in [2.45, 2.75) is 57.1 Å². The number of hydrogen-bond donors (Lipinski definition) is 1. The first-order chi connectivity index (χ1) is 8.84. The summed E-state index contributed by atoms with van der Waals surface area (Å²) in [7, 11) is 0. The average Bonchev–Trinajstić information content (AvgIpc) is 2.73. The number of nitrogens with one attached hydrogen (secondary N) is 1. The van der Waals surface area contributed by atoms with E-state index >= 15 is 0 Å². The van der Waals surface area contributed by atoms with Crippen LogP contribution in [0.1, 0.15) is 44.9 Å². The number of ether oxygens (including phenoxy) is 1. The lowest BCUT2D eigenvalue weighted by Gasteiger charge is -2.28. The van der Waals surface area contributed by atoms with Gasteiger partial charge in [0.05, 0.1) is 18.5 Å². The Kier molecular flexibility index (Phi) is 3.39. The third kappa shape index (κ3) is 2.31. The summed E-state index contributed by atoms with van der Waals surface area (Å²) in [5.74, 6) is 1.05. The van der Waals surface area contributed by atoms with E-state index in [1.54, 1.807) is 0 Å². The molecule has 100 valence electrons. The molecule has 1 aliphatic carbocycles. The fourth-order valence-corrected chi connectivity index (χ4v) is 3.10. The Labute approximate surface area is 108 Å². The quantitative estimate of drug-likeness (QED) is 0.815. The first kappa shape index (κ1) is 11.8. The van der Waals surface area contributed by atoms with E-state index in [1.807, 2.05) is 4.90 Å². The highest BCUT2D eigenvalue weighted by Crippen LogP contribution is 2.31. The molecule has 5 nitrogen and oxygen atoms in total. The number of nitrogens with zero attached hydrogens (tertiary/aromatic N) is 2. The SMILES string of the molecule is O=C1OC2CCCCC2N1CNC1=NCCCC1. The largest absolute Gasteiger partial charge is 0.444 e. The van der Waals surface area contributed by atoms with Crippen LogP contribution in [0.3, 0.4) is 0 Å². The third-order valence-corrected chi connectivity index (χ3v) is 4.13. The predicted molar refractivity (Wildman–Crippen MR) is 68.5 cm³/mol. The van der Waals surface area contributed by atoms with E-state index in [-0.39, 0.29) is 18.2 Å². The summed E-state index contributed by atoms with van der Waals surface area (Å²) in [6.07, 6.45) is 7.84. The van der Waals surface area contributed by atoms with Crippen LogP contribution < -0.4 is 5.32 Å². The lowest BCUT2D eigenvalue weighted by atomic mass is 9.92. The van der Waals surface area contributed by atoms with Crippen molar-refractivity contribution in [3.8, 4) is 0 Å². The molecule has 0 radical (unpaired) electrons.